The molecule has 1 atom stereocenters. The quantitative estimate of drug-likeness (QED) is 0.632. The van der Waals surface area contributed by atoms with Gasteiger partial charge in [-0.2, -0.15) is 5.10 Å². The Labute approximate surface area is 149 Å². The molecule has 0 aliphatic rings. The number of aliphatic hydroxyl groups is 1. The van der Waals surface area contributed by atoms with Crippen molar-refractivity contribution in [1.29, 1.82) is 0 Å². The van der Waals surface area contributed by atoms with Crippen LogP contribution in [0.5, 0.6) is 0 Å². The van der Waals surface area contributed by atoms with Crippen molar-refractivity contribution < 1.29 is 9.90 Å². The minimum absolute atomic E-state index is 0.177. The number of nitrogens with one attached hydrogen (secondary N) is 2. The molecule has 0 fully saturated rings. The second-order valence-corrected chi connectivity index (χ2v) is 6.03. The van der Waals surface area contributed by atoms with Crippen molar-refractivity contribution in [3.63, 3.8) is 0 Å². The Morgan fingerprint density at radius 2 is 2.04 bits per heavy atom. The maximum Gasteiger partial charge on any atom is 0.269 e. The minimum Gasteiger partial charge on any atom is -0.394 e. The third-order valence-electron chi connectivity index (χ3n) is 3.73. The predicted octanol–water partition coefficient (Wildman–Crippen LogP) is 2.46. The van der Waals surface area contributed by atoms with E-state index < -0.39 is 6.04 Å². The average Bonchev–Trinajstić information content (AvgIpc) is 3.12. The van der Waals surface area contributed by atoms with E-state index in [1.165, 1.54) is 0 Å². The van der Waals surface area contributed by atoms with E-state index in [9.17, 15) is 9.90 Å². The summed E-state index contributed by atoms with van der Waals surface area (Å²) in [5.74, 6) is -0.325. The topological polar surface area (TPSA) is 90.9 Å². The lowest BCUT2D eigenvalue weighted by atomic mass is 10.1. The van der Waals surface area contributed by atoms with Gasteiger partial charge in [-0.05, 0) is 42.3 Å². The van der Waals surface area contributed by atoms with E-state index in [1.54, 1.807) is 24.5 Å². The number of carbonyl (C=O) groups excluding carboxylic acids is 1. The second-order valence-electron chi connectivity index (χ2n) is 5.59. The summed E-state index contributed by atoms with van der Waals surface area (Å²) in [6.45, 7) is -0.177. The molecule has 0 aliphatic carbocycles. The molecule has 0 saturated heterocycles. The number of aliphatic hydroxyl groups excluding tert-OH is 1. The molecule has 3 rings (SSSR count). The largest absolute Gasteiger partial charge is 0.394 e. The molecular weight excluding hydrogens is 340 g/mol. The molecule has 0 saturated carbocycles. The molecule has 7 heteroatoms. The van der Waals surface area contributed by atoms with Gasteiger partial charge in [0.15, 0.2) is 0 Å². The van der Waals surface area contributed by atoms with Crippen LogP contribution in [0.4, 0.5) is 0 Å². The minimum atomic E-state index is -0.418. The lowest BCUT2D eigenvalue weighted by Gasteiger charge is -2.16. The third kappa shape index (κ3) is 4.43. The molecule has 1 unspecified atom stereocenters. The zero-order valence-corrected chi connectivity index (χ0v) is 14.1. The number of halogens is 1. The number of nitrogens with zero attached hydrogens (tertiary/aromatic N) is 2. The fourth-order valence-corrected chi connectivity index (χ4v) is 2.69. The number of hydrogen-bond acceptors (Lipinski definition) is 4. The number of hydrogen-bond donors (Lipinski definition) is 3. The van der Waals surface area contributed by atoms with Crippen LogP contribution in [0, 0.1) is 0 Å². The first-order valence-corrected chi connectivity index (χ1v) is 8.15. The first-order valence-electron chi connectivity index (χ1n) is 7.77. The first-order chi connectivity index (χ1) is 12.2. The Balaban J connectivity index is 1.67. The maximum absolute atomic E-state index is 12.4. The molecule has 6 nitrogen and oxygen atoms in total. The molecule has 3 N–H and O–H groups in total. The number of pyridine rings is 1. The lowest BCUT2D eigenvalue weighted by molar-refractivity contribution is 0.0911. The van der Waals surface area contributed by atoms with E-state index in [0.717, 1.165) is 11.1 Å². The van der Waals surface area contributed by atoms with Gasteiger partial charge in [-0.15, -0.1) is 0 Å². The summed E-state index contributed by atoms with van der Waals surface area (Å²) in [6.07, 6.45) is 3.81. The van der Waals surface area contributed by atoms with Gasteiger partial charge in [-0.1, -0.05) is 23.7 Å². The number of aromatic amines is 1. The highest BCUT2D eigenvalue weighted by atomic mass is 35.5. The van der Waals surface area contributed by atoms with Gasteiger partial charge >= 0.3 is 0 Å². The van der Waals surface area contributed by atoms with E-state index in [-0.39, 0.29) is 12.5 Å². The SMILES string of the molecule is O=C(NC(CO)Cc1cccc(Cl)c1)c1cc(-c2ccncc2)n[nH]1. The summed E-state index contributed by atoms with van der Waals surface area (Å²) in [7, 11) is 0. The second kappa shape index (κ2) is 7.92. The van der Waals surface area contributed by atoms with Crippen LogP contribution in [0.1, 0.15) is 16.1 Å². The van der Waals surface area contributed by atoms with Gasteiger partial charge < -0.3 is 10.4 Å². The van der Waals surface area contributed by atoms with Crippen LogP contribution in [-0.2, 0) is 6.42 Å². The molecule has 25 heavy (non-hydrogen) atoms. The van der Waals surface area contributed by atoms with Gasteiger partial charge in [0.1, 0.15) is 5.69 Å². The summed E-state index contributed by atoms with van der Waals surface area (Å²) >= 11 is 5.97. The number of H-pyrrole nitrogens is 1. The fraction of sp³-hybridized carbons (Fsp3) is 0.167. The molecule has 2 heterocycles. The Hall–Kier alpha value is -2.70. The molecule has 128 valence electrons. The smallest absolute Gasteiger partial charge is 0.269 e. The van der Waals surface area contributed by atoms with Crippen molar-refractivity contribution in [2.24, 2.45) is 0 Å². The molecular formula is C18H17ClN4O2. The maximum atomic E-state index is 12.4. The van der Waals surface area contributed by atoms with Gasteiger partial charge in [0, 0.05) is 23.0 Å². The Morgan fingerprint density at radius 1 is 1.24 bits per heavy atom. The van der Waals surface area contributed by atoms with Crippen molar-refractivity contribution in [3.8, 4) is 11.3 Å². The van der Waals surface area contributed by atoms with Gasteiger partial charge in [-0.25, -0.2) is 0 Å². The Kier molecular flexibility index (Phi) is 5.42. The zero-order valence-electron chi connectivity index (χ0n) is 13.3. The number of carbonyl (C=O) groups is 1. The van der Waals surface area contributed by atoms with E-state index in [0.29, 0.717) is 22.8 Å². The molecule has 2 aromatic heterocycles. The Bertz CT molecular complexity index is 851. The lowest BCUT2D eigenvalue weighted by Crippen LogP contribution is -2.39. The molecule has 0 aliphatic heterocycles. The van der Waals surface area contributed by atoms with E-state index in [4.69, 9.17) is 11.6 Å². The highest BCUT2D eigenvalue weighted by Gasteiger charge is 2.16. The molecule has 1 amide bonds. The van der Waals surface area contributed by atoms with Gasteiger partial charge in [-0.3, -0.25) is 14.9 Å². The number of aromatic nitrogens is 3. The van der Waals surface area contributed by atoms with Crippen LogP contribution in [0.25, 0.3) is 11.3 Å². The van der Waals surface area contributed by atoms with Crippen LogP contribution < -0.4 is 5.32 Å². The van der Waals surface area contributed by atoms with Crippen LogP contribution in [0.3, 0.4) is 0 Å². The first kappa shape index (κ1) is 17.1. The van der Waals surface area contributed by atoms with Gasteiger partial charge in [0.2, 0.25) is 0 Å². The molecule has 0 radical (unpaired) electrons. The molecule has 3 aromatic rings. The van der Waals surface area contributed by atoms with E-state index in [2.05, 4.69) is 20.5 Å². The molecule has 0 spiro atoms. The molecule has 1 aromatic carbocycles. The summed E-state index contributed by atoms with van der Waals surface area (Å²) in [5, 5.41) is 19.8. The summed E-state index contributed by atoms with van der Waals surface area (Å²) in [4.78, 5) is 16.3. The van der Waals surface area contributed by atoms with Crippen molar-refractivity contribution in [3.05, 3.63) is 71.1 Å². The van der Waals surface area contributed by atoms with Crippen molar-refractivity contribution in [2.45, 2.75) is 12.5 Å². The van der Waals surface area contributed by atoms with Crippen molar-refractivity contribution in [1.82, 2.24) is 20.5 Å². The highest BCUT2D eigenvalue weighted by molar-refractivity contribution is 6.30. The van der Waals surface area contributed by atoms with Crippen molar-refractivity contribution >= 4 is 17.5 Å². The van der Waals surface area contributed by atoms with Crippen LogP contribution in [0.15, 0.2) is 54.9 Å². The number of amides is 1. The number of benzene rings is 1. The van der Waals surface area contributed by atoms with Gasteiger partial charge in [0.05, 0.1) is 18.3 Å². The molecule has 0 bridgehead atoms. The summed E-state index contributed by atoms with van der Waals surface area (Å²) < 4.78 is 0. The van der Waals surface area contributed by atoms with E-state index >= 15 is 0 Å². The standard InChI is InChI=1S/C18H17ClN4O2/c19-14-3-1-2-12(8-14)9-15(11-24)21-18(25)17-10-16(22-23-17)13-4-6-20-7-5-13/h1-8,10,15,24H,9,11H2,(H,21,25)(H,22,23). The average molecular weight is 357 g/mol. The monoisotopic (exact) mass is 356 g/mol. The zero-order chi connectivity index (χ0) is 17.6. The van der Waals surface area contributed by atoms with Crippen molar-refractivity contribution in [2.75, 3.05) is 6.61 Å². The van der Waals surface area contributed by atoms with Crippen LogP contribution in [-0.4, -0.2) is 38.8 Å². The van der Waals surface area contributed by atoms with E-state index in [1.807, 2.05) is 30.3 Å². The normalized spacial score (nSPS) is 11.9. The summed E-state index contributed by atoms with van der Waals surface area (Å²) in [6, 6.07) is 12.2. The fourth-order valence-electron chi connectivity index (χ4n) is 2.48. The van der Waals surface area contributed by atoms with Gasteiger partial charge in [0.25, 0.3) is 5.91 Å². The van der Waals surface area contributed by atoms with Crippen LogP contribution >= 0.6 is 11.6 Å². The number of rotatable bonds is 6. The predicted molar refractivity (Wildman–Crippen MR) is 95.3 cm³/mol. The third-order valence-corrected chi connectivity index (χ3v) is 3.96. The summed E-state index contributed by atoms with van der Waals surface area (Å²) in [5.41, 5.74) is 2.79. The Morgan fingerprint density at radius 3 is 2.76 bits per heavy atom. The highest BCUT2D eigenvalue weighted by Crippen LogP contribution is 2.16. The van der Waals surface area contributed by atoms with Crippen LogP contribution in [0.2, 0.25) is 5.02 Å².